The Balaban J connectivity index is 2.18. The largest absolute Gasteiger partial charge is 0.469 e. The van der Waals surface area contributed by atoms with E-state index in [1.165, 1.54) is 7.11 Å². The molecule has 2 N–H and O–H groups in total. The Morgan fingerprint density at radius 2 is 1.82 bits per heavy atom. The van der Waals surface area contributed by atoms with Gasteiger partial charge in [0.05, 0.1) is 13.0 Å². The van der Waals surface area contributed by atoms with Crippen LogP contribution in [0.4, 0.5) is 4.79 Å². The van der Waals surface area contributed by atoms with Crippen LogP contribution < -0.4 is 10.6 Å². The number of rotatable bonds is 5. The second-order valence-corrected chi connectivity index (χ2v) is 6.81. The van der Waals surface area contributed by atoms with Crippen molar-refractivity contribution < 1.29 is 19.1 Å². The average molecular weight is 314 g/mol. The smallest absolute Gasteiger partial charge is 0.407 e. The molecule has 0 aromatic carbocycles. The highest BCUT2D eigenvalue weighted by Gasteiger charge is 2.24. The van der Waals surface area contributed by atoms with Crippen LogP contribution in [0, 0.1) is 5.92 Å². The first-order chi connectivity index (χ1) is 10.3. The fourth-order valence-corrected chi connectivity index (χ4v) is 2.66. The lowest BCUT2D eigenvalue weighted by Gasteiger charge is -2.20. The Bertz CT molecular complexity index is 366. The third kappa shape index (κ3) is 7.64. The molecule has 2 atom stereocenters. The summed E-state index contributed by atoms with van der Waals surface area (Å²) in [5, 5.41) is 6.17. The molecule has 0 saturated heterocycles. The lowest BCUT2D eigenvalue weighted by molar-refractivity contribution is -0.145. The van der Waals surface area contributed by atoms with Gasteiger partial charge in [-0.1, -0.05) is 6.42 Å². The lowest BCUT2D eigenvalue weighted by Crippen LogP contribution is -2.39. The normalized spacial score (nSPS) is 22.5. The molecule has 6 heteroatoms. The Morgan fingerprint density at radius 1 is 1.09 bits per heavy atom. The van der Waals surface area contributed by atoms with Crippen molar-refractivity contribution in [2.75, 3.05) is 20.2 Å². The molecule has 0 spiro atoms. The second-order valence-electron chi connectivity index (χ2n) is 6.81. The number of hydrogen-bond donors (Lipinski definition) is 2. The van der Waals surface area contributed by atoms with Crippen molar-refractivity contribution in [3.05, 3.63) is 0 Å². The zero-order chi connectivity index (χ0) is 16.6. The highest BCUT2D eigenvalue weighted by atomic mass is 16.6. The summed E-state index contributed by atoms with van der Waals surface area (Å²) in [5.41, 5.74) is -0.471. The van der Waals surface area contributed by atoms with Crippen molar-refractivity contribution in [2.45, 2.75) is 64.5 Å². The Morgan fingerprint density at radius 3 is 2.45 bits per heavy atom. The molecule has 1 amide bonds. The number of esters is 1. The molecule has 1 rings (SSSR count). The highest BCUT2D eigenvalue weighted by molar-refractivity contribution is 5.72. The van der Waals surface area contributed by atoms with E-state index in [0.717, 1.165) is 32.1 Å². The average Bonchev–Trinajstić information content (AvgIpc) is 2.66. The molecule has 1 saturated carbocycles. The summed E-state index contributed by atoms with van der Waals surface area (Å²) in [5.74, 6) is -0.0519. The van der Waals surface area contributed by atoms with Crippen molar-refractivity contribution in [1.29, 1.82) is 0 Å². The first-order valence-electron chi connectivity index (χ1n) is 8.10. The Labute approximate surface area is 133 Å². The zero-order valence-electron chi connectivity index (χ0n) is 14.2. The molecule has 0 bridgehead atoms. The molecule has 22 heavy (non-hydrogen) atoms. The summed E-state index contributed by atoms with van der Waals surface area (Å²) >= 11 is 0. The van der Waals surface area contributed by atoms with Gasteiger partial charge in [0.1, 0.15) is 5.60 Å². The topological polar surface area (TPSA) is 76.7 Å². The number of amides is 1. The molecule has 0 heterocycles. The summed E-state index contributed by atoms with van der Waals surface area (Å²) in [4.78, 5) is 23.1. The van der Waals surface area contributed by atoms with Crippen molar-refractivity contribution in [1.82, 2.24) is 10.6 Å². The van der Waals surface area contributed by atoms with Crippen molar-refractivity contribution in [3.8, 4) is 0 Å². The Kier molecular flexibility index (Phi) is 7.65. The SMILES string of the molecule is COC(=O)C1CCCC(NCCNC(=O)OC(C)(C)C)CC1. The molecule has 0 radical (unpaired) electrons. The van der Waals surface area contributed by atoms with Crippen LogP contribution in [-0.4, -0.2) is 43.9 Å². The van der Waals surface area contributed by atoms with E-state index in [4.69, 9.17) is 9.47 Å². The summed E-state index contributed by atoms with van der Waals surface area (Å²) in [6.07, 6.45) is 4.43. The van der Waals surface area contributed by atoms with Gasteiger partial charge in [-0.15, -0.1) is 0 Å². The van der Waals surface area contributed by atoms with E-state index < -0.39 is 5.60 Å². The molecule has 0 aliphatic heterocycles. The van der Waals surface area contributed by atoms with E-state index in [-0.39, 0.29) is 18.0 Å². The summed E-state index contributed by atoms with van der Waals surface area (Å²) in [7, 11) is 1.45. The predicted molar refractivity (Wildman–Crippen MR) is 84.6 cm³/mol. The Hall–Kier alpha value is -1.30. The van der Waals surface area contributed by atoms with E-state index >= 15 is 0 Å². The summed E-state index contributed by atoms with van der Waals surface area (Å²) in [6.45, 7) is 6.76. The molecule has 6 nitrogen and oxygen atoms in total. The van der Waals surface area contributed by atoms with Gasteiger partial charge in [0, 0.05) is 19.1 Å². The van der Waals surface area contributed by atoms with E-state index in [2.05, 4.69) is 10.6 Å². The number of methoxy groups -OCH3 is 1. The maximum absolute atomic E-state index is 11.6. The monoisotopic (exact) mass is 314 g/mol. The molecule has 1 fully saturated rings. The first-order valence-corrected chi connectivity index (χ1v) is 8.10. The molecule has 1 aliphatic rings. The fraction of sp³-hybridized carbons (Fsp3) is 0.875. The number of hydrogen-bond acceptors (Lipinski definition) is 5. The van der Waals surface area contributed by atoms with Gasteiger partial charge < -0.3 is 20.1 Å². The number of alkyl carbamates (subject to hydrolysis) is 1. The molecular weight excluding hydrogens is 284 g/mol. The van der Waals surface area contributed by atoms with Crippen molar-refractivity contribution in [2.24, 2.45) is 5.92 Å². The van der Waals surface area contributed by atoms with Crippen LogP contribution in [0.1, 0.15) is 52.9 Å². The predicted octanol–water partition coefficient (Wildman–Crippen LogP) is 2.22. The van der Waals surface area contributed by atoms with Crippen LogP contribution >= 0.6 is 0 Å². The highest BCUT2D eigenvalue weighted by Crippen LogP contribution is 2.24. The van der Waals surface area contributed by atoms with Gasteiger partial charge in [0.25, 0.3) is 0 Å². The number of nitrogens with one attached hydrogen (secondary N) is 2. The van der Waals surface area contributed by atoms with Gasteiger partial charge in [-0.3, -0.25) is 4.79 Å². The third-order valence-corrected chi connectivity index (χ3v) is 3.73. The molecule has 128 valence electrons. The van der Waals surface area contributed by atoms with E-state index in [0.29, 0.717) is 19.1 Å². The standard InChI is InChI=1S/C16H30N2O4/c1-16(2,3)22-15(20)18-11-10-17-13-7-5-6-12(8-9-13)14(19)21-4/h12-13,17H,5-11H2,1-4H3,(H,18,20). The van der Waals surface area contributed by atoms with E-state index in [9.17, 15) is 9.59 Å². The summed E-state index contributed by atoms with van der Waals surface area (Å²) < 4.78 is 10.00. The van der Waals surface area contributed by atoms with Crippen LogP contribution in [0.5, 0.6) is 0 Å². The van der Waals surface area contributed by atoms with Crippen LogP contribution in [-0.2, 0) is 14.3 Å². The number of carbonyl (C=O) groups is 2. The molecule has 0 aromatic rings. The fourth-order valence-electron chi connectivity index (χ4n) is 2.66. The molecule has 1 aliphatic carbocycles. The van der Waals surface area contributed by atoms with E-state index in [1.807, 2.05) is 20.8 Å². The van der Waals surface area contributed by atoms with Gasteiger partial charge in [-0.2, -0.15) is 0 Å². The second kappa shape index (κ2) is 8.98. The van der Waals surface area contributed by atoms with Crippen molar-refractivity contribution in [3.63, 3.8) is 0 Å². The zero-order valence-corrected chi connectivity index (χ0v) is 14.2. The van der Waals surface area contributed by atoms with Gasteiger partial charge >= 0.3 is 12.1 Å². The molecular formula is C16H30N2O4. The van der Waals surface area contributed by atoms with Crippen LogP contribution in [0.15, 0.2) is 0 Å². The minimum absolute atomic E-state index is 0.0386. The maximum atomic E-state index is 11.6. The van der Waals surface area contributed by atoms with Crippen molar-refractivity contribution >= 4 is 12.1 Å². The minimum Gasteiger partial charge on any atom is -0.469 e. The molecule has 2 unspecified atom stereocenters. The first kappa shape index (κ1) is 18.7. The van der Waals surface area contributed by atoms with Gasteiger partial charge in [0.15, 0.2) is 0 Å². The third-order valence-electron chi connectivity index (χ3n) is 3.73. The van der Waals surface area contributed by atoms with Crippen LogP contribution in [0.3, 0.4) is 0 Å². The lowest BCUT2D eigenvalue weighted by atomic mass is 10.0. The maximum Gasteiger partial charge on any atom is 0.407 e. The van der Waals surface area contributed by atoms with Gasteiger partial charge in [-0.25, -0.2) is 4.79 Å². The number of carbonyl (C=O) groups excluding carboxylic acids is 2. The van der Waals surface area contributed by atoms with Crippen LogP contribution in [0.25, 0.3) is 0 Å². The minimum atomic E-state index is -0.471. The number of ether oxygens (including phenoxy) is 2. The molecule has 0 aromatic heterocycles. The quantitative estimate of drug-likeness (QED) is 0.462. The van der Waals surface area contributed by atoms with Gasteiger partial charge in [0.2, 0.25) is 0 Å². The summed E-state index contributed by atoms with van der Waals surface area (Å²) in [6, 6.07) is 0.398. The van der Waals surface area contributed by atoms with Gasteiger partial charge in [-0.05, 0) is 46.5 Å². The van der Waals surface area contributed by atoms with Crippen LogP contribution in [0.2, 0.25) is 0 Å². The van der Waals surface area contributed by atoms with E-state index in [1.54, 1.807) is 0 Å².